The van der Waals surface area contributed by atoms with Gasteiger partial charge in [-0.15, -0.1) is 0 Å². The van der Waals surface area contributed by atoms with Crippen LogP contribution in [0.1, 0.15) is 49.1 Å². The molecular weight excluding hydrogens is 460 g/mol. The molecular formula is C24H28N10O2. The molecule has 1 atom stereocenters. The van der Waals surface area contributed by atoms with Gasteiger partial charge in [0.2, 0.25) is 5.95 Å². The van der Waals surface area contributed by atoms with Crippen LogP contribution < -0.4 is 15.5 Å². The summed E-state index contributed by atoms with van der Waals surface area (Å²) in [6.45, 7) is 2.01. The molecule has 36 heavy (non-hydrogen) atoms. The number of nitrogens with one attached hydrogen (secondary N) is 3. The summed E-state index contributed by atoms with van der Waals surface area (Å²) in [6.07, 6.45) is 9.27. The Bertz CT molecular complexity index is 1300. The summed E-state index contributed by atoms with van der Waals surface area (Å²) in [6, 6.07) is 5.84. The number of hydrogen-bond donors (Lipinski definition) is 3. The molecule has 1 saturated carbocycles. The maximum Gasteiger partial charge on any atom is 0.229 e. The van der Waals surface area contributed by atoms with Crippen molar-refractivity contribution in [3.63, 3.8) is 0 Å². The van der Waals surface area contributed by atoms with Crippen molar-refractivity contribution in [1.29, 1.82) is 0 Å². The van der Waals surface area contributed by atoms with E-state index in [2.05, 4.69) is 46.9 Å². The molecule has 12 nitrogen and oxygen atoms in total. The number of methoxy groups -OCH3 is 1. The summed E-state index contributed by atoms with van der Waals surface area (Å²) < 4.78 is 10.9. The van der Waals surface area contributed by atoms with Crippen LogP contribution in [-0.4, -0.2) is 62.1 Å². The first-order valence-corrected chi connectivity index (χ1v) is 12.2. The van der Waals surface area contributed by atoms with E-state index in [1.165, 1.54) is 12.8 Å². The van der Waals surface area contributed by atoms with Crippen molar-refractivity contribution in [2.45, 2.75) is 37.6 Å². The van der Waals surface area contributed by atoms with Crippen LogP contribution >= 0.6 is 0 Å². The van der Waals surface area contributed by atoms with Gasteiger partial charge >= 0.3 is 0 Å². The molecule has 12 heteroatoms. The smallest absolute Gasteiger partial charge is 0.229 e. The lowest BCUT2D eigenvalue weighted by molar-refractivity contribution is 0.210. The molecule has 186 valence electrons. The van der Waals surface area contributed by atoms with Gasteiger partial charge in [0.05, 0.1) is 18.8 Å². The number of aromatic nitrogens is 7. The average Bonchev–Trinajstić information content (AvgIpc) is 3.27. The van der Waals surface area contributed by atoms with Crippen LogP contribution in [0, 0.1) is 0 Å². The minimum absolute atomic E-state index is 0.0307. The van der Waals surface area contributed by atoms with E-state index in [9.17, 15) is 0 Å². The highest BCUT2D eigenvalue weighted by atomic mass is 16.5. The van der Waals surface area contributed by atoms with E-state index in [-0.39, 0.29) is 6.04 Å². The minimum atomic E-state index is -0.0307. The lowest BCUT2D eigenvalue weighted by Crippen LogP contribution is -2.25. The molecule has 2 fully saturated rings. The molecule has 1 aliphatic carbocycles. The van der Waals surface area contributed by atoms with Crippen LogP contribution in [0.25, 0.3) is 11.4 Å². The zero-order valence-corrected chi connectivity index (χ0v) is 20.0. The monoisotopic (exact) mass is 488 g/mol. The van der Waals surface area contributed by atoms with Crippen molar-refractivity contribution in [1.82, 2.24) is 35.3 Å². The van der Waals surface area contributed by atoms with Gasteiger partial charge in [-0.1, -0.05) is 5.16 Å². The summed E-state index contributed by atoms with van der Waals surface area (Å²) in [5.74, 6) is 4.08. The fraction of sp³-hybridized carbons (Fsp3) is 0.417. The largest absolute Gasteiger partial charge is 0.383 e. The van der Waals surface area contributed by atoms with Gasteiger partial charge < -0.3 is 24.8 Å². The van der Waals surface area contributed by atoms with Gasteiger partial charge in [-0.25, -0.2) is 0 Å². The fourth-order valence-electron chi connectivity index (χ4n) is 4.43. The SMILES string of the molecule is COCCNc1cc(Nc2cc(C3CC3)[nH]n2)nc(N2CCCC2c2cc(-c3cnccn3)no2)n1. The Labute approximate surface area is 207 Å². The molecule has 0 radical (unpaired) electrons. The molecule has 3 N–H and O–H groups in total. The van der Waals surface area contributed by atoms with E-state index >= 15 is 0 Å². The predicted molar refractivity (Wildman–Crippen MR) is 133 cm³/mol. The van der Waals surface area contributed by atoms with Gasteiger partial charge in [-0.2, -0.15) is 15.1 Å². The van der Waals surface area contributed by atoms with Crippen LogP contribution in [0.15, 0.2) is 41.3 Å². The van der Waals surface area contributed by atoms with Crippen molar-refractivity contribution in [3.05, 3.63) is 48.2 Å². The van der Waals surface area contributed by atoms with Gasteiger partial charge in [0, 0.05) is 62.4 Å². The van der Waals surface area contributed by atoms with Gasteiger partial charge in [0.15, 0.2) is 11.6 Å². The molecule has 6 rings (SSSR count). The normalized spacial score (nSPS) is 17.5. The topological polar surface area (TPSA) is 143 Å². The number of rotatable bonds is 10. The zero-order chi connectivity index (χ0) is 24.3. The number of aromatic amines is 1. The highest BCUT2D eigenvalue weighted by molar-refractivity contribution is 5.60. The molecule has 4 aromatic rings. The van der Waals surface area contributed by atoms with E-state index < -0.39 is 0 Å². The third-order valence-corrected chi connectivity index (χ3v) is 6.39. The molecule has 0 aromatic carbocycles. The lowest BCUT2D eigenvalue weighted by Gasteiger charge is -2.23. The summed E-state index contributed by atoms with van der Waals surface area (Å²) in [5.41, 5.74) is 2.50. The van der Waals surface area contributed by atoms with Crippen molar-refractivity contribution < 1.29 is 9.26 Å². The minimum Gasteiger partial charge on any atom is -0.383 e. The van der Waals surface area contributed by atoms with Gasteiger partial charge in [0.25, 0.3) is 0 Å². The molecule has 5 heterocycles. The van der Waals surface area contributed by atoms with Crippen LogP contribution in [-0.2, 0) is 4.74 Å². The lowest BCUT2D eigenvalue weighted by atomic mass is 10.1. The summed E-state index contributed by atoms with van der Waals surface area (Å²) in [5, 5.41) is 18.4. The second-order valence-corrected chi connectivity index (χ2v) is 9.02. The van der Waals surface area contributed by atoms with Crippen molar-refractivity contribution in [3.8, 4) is 11.4 Å². The number of ether oxygens (including phenoxy) is 1. The fourth-order valence-corrected chi connectivity index (χ4v) is 4.43. The van der Waals surface area contributed by atoms with E-state index in [1.54, 1.807) is 25.7 Å². The predicted octanol–water partition coefficient (Wildman–Crippen LogP) is 3.67. The van der Waals surface area contributed by atoms with E-state index in [4.69, 9.17) is 19.2 Å². The van der Waals surface area contributed by atoms with Crippen LogP contribution in [0.4, 0.5) is 23.4 Å². The molecule has 2 aliphatic rings. The Morgan fingerprint density at radius 2 is 2.00 bits per heavy atom. The maximum atomic E-state index is 5.74. The van der Waals surface area contributed by atoms with Crippen molar-refractivity contribution >= 4 is 23.4 Å². The second-order valence-electron chi connectivity index (χ2n) is 9.02. The molecule has 1 saturated heterocycles. The number of anilines is 4. The van der Waals surface area contributed by atoms with E-state index in [1.807, 2.05) is 12.1 Å². The first kappa shape index (κ1) is 22.4. The highest BCUT2D eigenvalue weighted by Crippen LogP contribution is 2.40. The third-order valence-electron chi connectivity index (χ3n) is 6.39. The Kier molecular flexibility index (Phi) is 6.16. The van der Waals surface area contributed by atoms with Gasteiger partial charge in [0.1, 0.15) is 23.0 Å². The standard InChI is InChI=1S/C24H28N10O2/c1-35-10-8-27-21-13-22(28-23-12-16(31-32-23)15-4-5-15)30-24(29-21)34-9-2-3-19(34)20-11-17(33-36-20)18-14-25-6-7-26-18/h6-7,11-15,19H,2-5,8-10H2,1H3,(H3,27,28,29,30,31,32). The summed E-state index contributed by atoms with van der Waals surface area (Å²) in [7, 11) is 1.68. The van der Waals surface area contributed by atoms with E-state index in [0.717, 1.165) is 36.7 Å². The van der Waals surface area contributed by atoms with Crippen LogP contribution in [0.5, 0.6) is 0 Å². The molecule has 0 amide bonds. The molecule has 0 bridgehead atoms. The Balaban J connectivity index is 1.27. The molecule has 0 spiro atoms. The van der Waals surface area contributed by atoms with Crippen LogP contribution in [0.2, 0.25) is 0 Å². The Morgan fingerprint density at radius 1 is 1.08 bits per heavy atom. The molecule has 4 aromatic heterocycles. The summed E-state index contributed by atoms with van der Waals surface area (Å²) >= 11 is 0. The highest BCUT2D eigenvalue weighted by Gasteiger charge is 2.32. The second kappa shape index (κ2) is 9.90. The zero-order valence-electron chi connectivity index (χ0n) is 20.0. The first-order valence-electron chi connectivity index (χ1n) is 12.2. The van der Waals surface area contributed by atoms with Crippen LogP contribution in [0.3, 0.4) is 0 Å². The number of H-pyrrole nitrogens is 1. The van der Waals surface area contributed by atoms with Gasteiger partial charge in [-0.3, -0.25) is 15.1 Å². The van der Waals surface area contributed by atoms with E-state index in [0.29, 0.717) is 48.0 Å². The number of nitrogens with zero attached hydrogens (tertiary/aromatic N) is 7. The molecule has 1 unspecified atom stereocenters. The Morgan fingerprint density at radius 3 is 2.83 bits per heavy atom. The Hall–Kier alpha value is -4.06. The van der Waals surface area contributed by atoms with Gasteiger partial charge in [-0.05, 0) is 25.7 Å². The van der Waals surface area contributed by atoms with Crippen molar-refractivity contribution in [2.24, 2.45) is 0 Å². The van der Waals surface area contributed by atoms with Crippen molar-refractivity contribution in [2.75, 3.05) is 42.3 Å². The molecule has 1 aliphatic heterocycles. The maximum absolute atomic E-state index is 5.74. The average molecular weight is 489 g/mol. The third kappa shape index (κ3) is 4.85. The first-order chi connectivity index (χ1) is 17.8. The quantitative estimate of drug-likeness (QED) is 0.281. The summed E-state index contributed by atoms with van der Waals surface area (Å²) in [4.78, 5) is 20.3. The number of hydrogen-bond acceptors (Lipinski definition) is 11.